The van der Waals surface area contributed by atoms with Gasteiger partial charge in [-0.25, -0.2) is 4.99 Å². The monoisotopic (exact) mass is 522 g/mol. The summed E-state index contributed by atoms with van der Waals surface area (Å²) in [6.07, 6.45) is -4.49. The summed E-state index contributed by atoms with van der Waals surface area (Å²) in [6, 6.07) is 18.4. The molecule has 0 saturated carbocycles. The summed E-state index contributed by atoms with van der Waals surface area (Å²) >= 11 is 7.69. The maximum absolute atomic E-state index is 13.3. The van der Waals surface area contributed by atoms with Gasteiger partial charge in [-0.1, -0.05) is 54.6 Å². The van der Waals surface area contributed by atoms with Gasteiger partial charge in [0.1, 0.15) is 11.5 Å². The summed E-state index contributed by atoms with van der Waals surface area (Å²) in [7, 11) is 3.21. The minimum atomic E-state index is -4.49. The zero-order valence-electron chi connectivity index (χ0n) is 19.6. The van der Waals surface area contributed by atoms with Gasteiger partial charge in [-0.3, -0.25) is 0 Å². The molecule has 3 rings (SSSR count). The first-order valence-corrected chi connectivity index (χ1v) is 12.2. The number of methoxy groups -OCH3 is 2. The van der Waals surface area contributed by atoms with Crippen LogP contribution in [0.5, 0.6) is 11.5 Å². The second kappa shape index (κ2) is 12.2. The van der Waals surface area contributed by atoms with Gasteiger partial charge in [-0.2, -0.15) is 13.2 Å². The largest absolute Gasteiger partial charge is 0.497 e. The SMILES string of the molecule is CCSC(=Nc1cc(C(F)(F)F)ccc1Cl)N(Cc1ccc(OC)cc1)Cc1ccc(OC)cc1. The van der Waals surface area contributed by atoms with E-state index in [1.807, 2.05) is 60.4 Å². The maximum Gasteiger partial charge on any atom is 0.416 e. The third-order valence-electron chi connectivity index (χ3n) is 5.10. The number of hydrogen-bond donors (Lipinski definition) is 0. The molecule has 0 saturated heterocycles. The average molecular weight is 523 g/mol. The molecular formula is C26H26ClF3N2O2S. The fourth-order valence-corrected chi connectivity index (χ4v) is 4.19. The minimum Gasteiger partial charge on any atom is -0.497 e. The summed E-state index contributed by atoms with van der Waals surface area (Å²) in [4.78, 5) is 6.63. The number of benzene rings is 3. The molecule has 4 nitrogen and oxygen atoms in total. The Morgan fingerprint density at radius 2 is 1.40 bits per heavy atom. The van der Waals surface area contributed by atoms with Crippen LogP contribution in [0.25, 0.3) is 0 Å². The number of thioether (sulfide) groups is 1. The Kier molecular flexibility index (Phi) is 9.34. The van der Waals surface area contributed by atoms with Crippen molar-refractivity contribution in [1.29, 1.82) is 0 Å². The summed E-state index contributed by atoms with van der Waals surface area (Å²) in [5.41, 5.74) is 1.28. The molecule has 0 bridgehead atoms. The van der Waals surface area contributed by atoms with Gasteiger partial charge >= 0.3 is 6.18 Å². The summed E-state index contributed by atoms with van der Waals surface area (Å²) in [5.74, 6) is 2.16. The smallest absolute Gasteiger partial charge is 0.416 e. The highest BCUT2D eigenvalue weighted by Crippen LogP contribution is 2.36. The lowest BCUT2D eigenvalue weighted by molar-refractivity contribution is -0.137. The van der Waals surface area contributed by atoms with Crippen molar-refractivity contribution in [2.24, 2.45) is 4.99 Å². The Hall–Kier alpha value is -2.84. The molecule has 3 aromatic carbocycles. The number of amidine groups is 1. The number of rotatable bonds is 8. The van der Waals surface area contributed by atoms with E-state index in [4.69, 9.17) is 21.1 Å². The molecule has 0 heterocycles. The van der Waals surface area contributed by atoms with E-state index in [1.54, 1.807) is 14.2 Å². The number of nitrogens with zero attached hydrogens (tertiary/aromatic N) is 2. The lowest BCUT2D eigenvalue weighted by Crippen LogP contribution is -2.28. The first-order valence-electron chi connectivity index (χ1n) is 10.8. The number of aliphatic imine (C=N–C) groups is 1. The van der Waals surface area contributed by atoms with Crippen molar-refractivity contribution in [3.8, 4) is 11.5 Å². The Morgan fingerprint density at radius 1 is 0.886 bits per heavy atom. The van der Waals surface area contributed by atoms with Crippen molar-refractivity contribution in [3.63, 3.8) is 0 Å². The van der Waals surface area contributed by atoms with Crippen LogP contribution in [0.4, 0.5) is 18.9 Å². The van der Waals surface area contributed by atoms with Crippen LogP contribution >= 0.6 is 23.4 Å². The first-order chi connectivity index (χ1) is 16.7. The molecule has 0 unspecified atom stereocenters. The molecule has 35 heavy (non-hydrogen) atoms. The van der Waals surface area contributed by atoms with Crippen LogP contribution in [0.1, 0.15) is 23.6 Å². The van der Waals surface area contributed by atoms with Crippen molar-refractivity contribution in [2.45, 2.75) is 26.2 Å². The van der Waals surface area contributed by atoms with Gasteiger partial charge in [-0.15, -0.1) is 0 Å². The standard InChI is InChI=1S/C26H26ClF3N2O2S/c1-4-35-25(31-24-15-20(26(28,29)30)9-14-23(24)27)32(16-18-5-10-21(33-2)11-6-18)17-19-7-12-22(34-3)13-8-19/h5-15H,4,16-17H2,1-3H3. The quantitative estimate of drug-likeness (QED) is 0.223. The highest BCUT2D eigenvalue weighted by Gasteiger charge is 2.31. The molecule has 0 fully saturated rings. The van der Waals surface area contributed by atoms with E-state index in [9.17, 15) is 13.2 Å². The molecule has 0 aliphatic rings. The van der Waals surface area contributed by atoms with E-state index in [2.05, 4.69) is 4.99 Å². The molecule has 0 amide bonds. The predicted octanol–water partition coefficient (Wildman–Crippen LogP) is 7.82. The van der Waals surface area contributed by atoms with Crippen molar-refractivity contribution in [2.75, 3.05) is 20.0 Å². The van der Waals surface area contributed by atoms with Gasteiger partial charge in [0.25, 0.3) is 0 Å². The molecule has 0 atom stereocenters. The molecule has 9 heteroatoms. The topological polar surface area (TPSA) is 34.1 Å². The molecule has 0 aliphatic heterocycles. The number of hydrogen-bond acceptors (Lipinski definition) is 4. The van der Waals surface area contributed by atoms with E-state index in [0.717, 1.165) is 34.8 Å². The summed E-state index contributed by atoms with van der Waals surface area (Å²) in [5, 5.41) is 0.724. The van der Waals surface area contributed by atoms with Gasteiger partial charge in [-0.05, 0) is 59.3 Å². The second-order valence-corrected chi connectivity index (χ2v) is 9.18. The first kappa shape index (κ1) is 26.8. The minimum absolute atomic E-state index is 0.0758. The molecule has 186 valence electrons. The zero-order valence-corrected chi connectivity index (χ0v) is 21.2. The van der Waals surface area contributed by atoms with Crippen LogP contribution in [-0.4, -0.2) is 30.0 Å². The third kappa shape index (κ3) is 7.57. The summed E-state index contributed by atoms with van der Waals surface area (Å²) < 4.78 is 50.4. The lowest BCUT2D eigenvalue weighted by atomic mass is 10.1. The van der Waals surface area contributed by atoms with Crippen LogP contribution in [-0.2, 0) is 19.3 Å². The maximum atomic E-state index is 13.3. The van der Waals surface area contributed by atoms with E-state index in [-0.39, 0.29) is 10.7 Å². The molecular weight excluding hydrogens is 497 g/mol. The van der Waals surface area contributed by atoms with Gasteiger partial charge in [0, 0.05) is 13.1 Å². The highest BCUT2D eigenvalue weighted by atomic mass is 35.5. The molecule has 0 aromatic heterocycles. The molecule has 0 N–H and O–H groups in total. The predicted molar refractivity (Wildman–Crippen MR) is 137 cm³/mol. The fourth-order valence-electron chi connectivity index (χ4n) is 3.29. The van der Waals surface area contributed by atoms with Crippen LogP contribution in [0, 0.1) is 0 Å². The third-order valence-corrected chi connectivity index (χ3v) is 6.31. The Morgan fingerprint density at radius 3 is 1.83 bits per heavy atom. The van der Waals surface area contributed by atoms with Crippen molar-refractivity contribution in [3.05, 3.63) is 88.4 Å². The van der Waals surface area contributed by atoms with Crippen LogP contribution in [0.3, 0.4) is 0 Å². The normalized spacial score (nSPS) is 11.9. The van der Waals surface area contributed by atoms with Gasteiger partial charge in [0.2, 0.25) is 0 Å². The van der Waals surface area contributed by atoms with Crippen molar-refractivity contribution in [1.82, 2.24) is 4.90 Å². The van der Waals surface area contributed by atoms with E-state index in [0.29, 0.717) is 24.0 Å². The van der Waals surface area contributed by atoms with Crippen LogP contribution in [0.15, 0.2) is 71.7 Å². The van der Waals surface area contributed by atoms with E-state index in [1.165, 1.54) is 17.8 Å². The van der Waals surface area contributed by atoms with Gasteiger partial charge in [0.05, 0.1) is 30.5 Å². The van der Waals surface area contributed by atoms with Crippen molar-refractivity contribution >= 4 is 34.2 Å². The molecule has 0 spiro atoms. The average Bonchev–Trinajstić information content (AvgIpc) is 2.85. The lowest BCUT2D eigenvalue weighted by Gasteiger charge is -2.26. The van der Waals surface area contributed by atoms with E-state index < -0.39 is 11.7 Å². The molecule has 0 radical (unpaired) electrons. The number of halogens is 4. The van der Waals surface area contributed by atoms with Crippen LogP contribution in [0.2, 0.25) is 5.02 Å². The fraction of sp³-hybridized carbons (Fsp3) is 0.269. The van der Waals surface area contributed by atoms with Crippen molar-refractivity contribution < 1.29 is 22.6 Å². The second-order valence-electron chi connectivity index (χ2n) is 7.54. The Balaban J connectivity index is 2.02. The van der Waals surface area contributed by atoms with Gasteiger partial charge in [0.15, 0.2) is 5.17 Å². The zero-order chi connectivity index (χ0) is 25.4. The molecule has 3 aromatic rings. The van der Waals surface area contributed by atoms with Crippen LogP contribution < -0.4 is 9.47 Å². The summed E-state index contributed by atoms with van der Waals surface area (Å²) in [6.45, 7) is 2.93. The number of alkyl halides is 3. The Labute approximate surface area is 212 Å². The van der Waals surface area contributed by atoms with E-state index >= 15 is 0 Å². The van der Waals surface area contributed by atoms with Gasteiger partial charge < -0.3 is 14.4 Å². The molecule has 0 aliphatic carbocycles. The highest BCUT2D eigenvalue weighted by molar-refractivity contribution is 8.13. The Bertz CT molecular complexity index is 1090. The number of ether oxygens (including phenoxy) is 2.